The van der Waals surface area contributed by atoms with Crippen LogP contribution in [0.15, 0.2) is 30.3 Å². The molecule has 14 heavy (non-hydrogen) atoms. The van der Waals surface area contributed by atoms with Crippen LogP contribution in [0.4, 0.5) is 0 Å². The van der Waals surface area contributed by atoms with Gasteiger partial charge in [-0.25, -0.2) is 0 Å². The zero-order chi connectivity index (χ0) is 9.47. The monoisotopic (exact) mass is 195 g/mol. The fraction of sp³-hybridized carbons (Fsp3) is 0.385. The maximum Gasteiger partial charge on any atom is 1.00 e. The van der Waals surface area contributed by atoms with Crippen molar-refractivity contribution in [3.63, 3.8) is 0 Å². The minimum atomic E-state index is 0. The third kappa shape index (κ3) is 2.13. The van der Waals surface area contributed by atoms with Gasteiger partial charge in [0.2, 0.25) is 0 Å². The normalized spacial score (nSPS) is 18.9. The number of hydrogen-bond donors (Lipinski definition) is 0. The SMILES string of the molecule is CC(C)(C)C1C=Cc2ccccc21.[Na+]. The molecule has 68 valence electrons. The van der Waals surface area contributed by atoms with Gasteiger partial charge in [0.25, 0.3) is 0 Å². The summed E-state index contributed by atoms with van der Waals surface area (Å²) in [6.07, 6.45) is 4.57. The standard InChI is InChI=1S/C13H16.Na/c1-13(2,3)12-9-8-10-6-4-5-7-11(10)12;/h4-9,12H,1-3H3;/q;+1. The van der Waals surface area contributed by atoms with Crippen molar-refractivity contribution < 1.29 is 29.6 Å². The van der Waals surface area contributed by atoms with Gasteiger partial charge in [0.1, 0.15) is 0 Å². The molecule has 0 amide bonds. The largest absolute Gasteiger partial charge is 1.00 e. The van der Waals surface area contributed by atoms with Crippen molar-refractivity contribution in [2.24, 2.45) is 5.41 Å². The smallest absolute Gasteiger partial charge is 0.0759 e. The predicted octanol–water partition coefficient (Wildman–Crippen LogP) is 0.847. The van der Waals surface area contributed by atoms with E-state index in [2.05, 4.69) is 57.2 Å². The van der Waals surface area contributed by atoms with Gasteiger partial charge in [-0.3, -0.25) is 0 Å². The Morgan fingerprint density at radius 2 is 1.71 bits per heavy atom. The Labute approximate surface area is 109 Å². The number of fused-ring (bicyclic) bond motifs is 1. The van der Waals surface area contributed by atoms with E-state index in [1.165, 1.54) is 11.1 Å². The van der Waals surface area contributed by atoms with Crippen molar-refractivity contribution >= 4 is 6.08 Å². The Bertz CT molecular complexity index is 344. The zero-order valence-electron chi connectivity index (χ0n) is 9.54. The number of allylic oxidation sites excluding steroid dienone is 1. The van der Waals surface area contributed by atoms with Crippen LogP contribution in [0, 0.1) is 5.41 Å². The molecule has 0 saturated heterocycles. The van der Waals surface area contributed by atoms with Crippen LogP contribution in [0.5, 0.6) is 0 Å². The van der Waals surface area contributed by atoms with Crippen LogP contribution in [0.25, 0.3) is 6.08 Å². The molecule has 0 fully saturated rings. The third-order valence-corrected chi connectivity index (χ3v) is 2.73. The number of benzene rings is 1. The van der Waals surface area contributed by atoms with Crippen molar-refractivity contribution in [1.29, 1.82) is 0 Å². The van der Waals surface area contributed by atoms with Crippen LogP contribution in [0.1, 0.15) is 37.8 Å². The van der Waals surface area contributed by atoms with Gasteiger partial charge in [0, 0.05) is 5.92 Å². The van der Waals surface area contributed by atoms with Gasteiger partial charge < -0.3 is 0 Å². The minimum Gasteiger partial charge on any atom is -0.0759 e. The van der Waals surface area contributed by atoms with Crippen LogP contribution in [0.3, 0.4) is 0 Å². The second-order valence-corrected chi connectivity index (χ2v) is 4.83. The van der Waals surface area contributed by atoms with E-state index in [1.54, 1.807) is 0 Å². The Morgan fingerprint density at radius 3 is 2.36 bits per heavy atom. The summed E-state index contributed by atoms with van der Waals surface area (Å²) < 4.78 is 0. The van der Waals surface area contributed by atoms with Gasteiger partial charge in [-0.1, -0.05) is 57.2 Å². The summed E-state index contributed by atoms with van der Waals surface area (Å²) in [7, 11) is 0. The molecule has 0 spiro atoms. The van der Waals surface area contributed by atoms with Gasteiger partial charge in [-0.05, 0) is 16.5 Å². The average Bonchev–Trinajstić information content (AvgIpc) is 2.45. The molecule has 0 saturated carbocycles. The van der Waals surface area contributed by atoms with Crippen LogP contribution >= 0.6 is 0 Å². The molecule has 1 unspecified atom stereocenters. The Hall–Kier alpha value is -0.0400. The van der Waals surface area contributed by atoms with Crippen molar-refractivity contribution in [3.05, 3.63) is 41.5 Å². The molecule has 1 atom stereocenters. The van der Waals surface area contributed by atoms with E-state index in [4.69, 9.17) is 0 Å². The number of hydrogen-bond acceptors (Lipinski definition) is 0. The topological polar surface area (TPSA) is 0 Å². The molecule has 1 aliphatic carbocycles. The van der Waals surface area contributed by atoms with E-state index in [0.717, 1.165) is 0 Å². The quantitative estimate of drug-likeness (QED) is 0.538. The molecule has 1 aromatic carbocycles. The van der Waals surface area contributed by atoms with Gasteiger partial charge in [-0.2, -0.15) is 0 Å². The van der Waals surface area contributed by atoms with E-state index < -0.39 is 0 Å². The van der Waals surface area contributed by atoms with Crippen molar-refractivity contribution in [1.82, 2.24) is 0 Å². The maximum atomic E-state index is 2.32. The molecule has 1 aliphatic rings. The van der Waals surface area contributed by atoms with E-state index in [-0.39, 0.29) is 29.6 Å². The molecule has 1 heteroatoms. The second kappa shape index (κ2) is 4.22. The molecule has 0 radical (unpaired) electrons. The Balaban J connectivity index is 0.000000980. The summed E-state index contributed by atoms with van der Waals surface area (Å²) in [6, 6.07) is 8.67. The molecule has 0 aromatic heterocycles. The first-order chi connectivity index (χ1) is 6.09. The molecule has 0 heterocycles. The van der Waals surface area contributed by atoms with Crippen LogP contribution in [-0.2, 0) is 0 Å². The van der Waals surface area contributed by atoms with E-state index in [9.17, 15) is 0 Å². The van der Waals surface area contributed by atoms with Crippen LogP contribution < -0.4 is 29.6 Å². The molecule has 0 aliphatic heterocycles. The summed E-state index contributed by atoms with van der Waals surface area (Å²) >= 11 is 0. The Kier molecular flexibility index (Phi) is 3.63. The molecule has 0 nitrogen and oxygen atoms in total. The fourth-order valence-corrected chi connectivity index (χ4v) is 2.00. The molecule has 0 bridgehead atoms. The van der Waals surface area contributed by atoms with Crippen molar-refractivity contribution in [2.75, 3.05) is 0 Å². The predicted molar refractivity (Wildman–Crippen MR) is 57.7 cm³/mol. The second-order valence-electron chi connectivity index (χ2n) is 4.83. The molecule has 2 rings (SSSR count). The summed E-state index contributed by atoms with van der Waals surface area (Å²) in [5.41, 5.74) is 3.21. The van der Waals surface area contributed by atoms with Crippen LogP contribution in [-0.4, -0.2) is 0 Å². The molecular formula is C13H16Na+. The van der Waals surface area contributed by atoms with Gasteiger partial charge in [0.05, 0.1) is 0 Å². The van der Waals surface area contributed by atoms with Gasteiger partial charge in [0.15, 0.2) is 0 Å². The first kappa shape index (κ1) is 12.0. The summed E-state index contributed by atoms with van der Waals surface area (Å²) in [4.78, 5) is 0. The zero-order valence-corrected chi connectivity index (χ0v) is 11.5. The van der Waals surface area contributed by atoms with Gasteiger partial charge in [-0.15, -0.1) is 0 Å². The van der Waals surface area contributed by atoms with Crippen molar-refractivity contribution in [2.45, 2.75) is 26.7 Å². The first-order valence-corrected chi connectivity index (χ1v) is 4.86. The first-order valence-electron chi connectivity index (χ1n) is 4.86. The maximum absolute atomic E-state index is 2.32. The number of rotatable bonds is 0. The minimum absolute atomic E-state index is 0. The molecule has 1 aromatic rings. The van der Waals surface area contributed by atoms with E-state index in [1.807, 2.05) is 0 Å². The van der Waals surface area contributed by atoms with E-state index in [0.29, 0.717) is 11.3 Å². The molecular weight excluding hydrogens is 179 g/mol. The molecule has 0 N–H and O–H groups in total. The average molecular weight is 195 g/mol. The Morgan fingerprint density at radius 1 is 1.07 bits per heavy atom. The summed E-state index contributed by atoms with van der Waals surface area (Å²) in [6.45, 7) is 6.89. The van der Waals surface area contributed by atoms with Gasteiger partial charge >= 0.3 is 29.6 Å². The summed E-state index contributed by atoms with van der Waals surface area (Å²) in [5.74, 6) is 0.587. The fourth-order valence-electron chi connectivity index (χ4n) is 2.00. The third-order valence-electron chi connectivity index (χ3n) is 2.73. The van der Waals surface area contributed by atoms with Crippen molar-refractivity contribution in [3.8, 4) is 0 Å². The van der Waals surface area contributed by atoms with Crippen LogP contribution in [0.2, 0.25) is 0 Å². The van der Waals surface area contributed by atoms with E-state index >= 15 is 0 Å². The summed E-state index contributed by atoms with van der Waals surface area (Å²) in [5, 5.41) is 0.